The third-order valence-corrected chi connectivity index (χ3v) is 7.30. The molecular weight excluding hydrogens is 414 g/mol. The van der Waals surface area contributed by atoms with Crippen molar-refractivity contribution in [2.75, 3.05) is 25.0 Å². The van der Waals surface area contributed by atoms with Gasteiger partial charge in [-0.1, -0.05) is 44.2 Å². The maximum atomic E-state index is 12.8. The van der Waals surface area contributed by atoms with Crippen LogP contribution in [0.2, 0.25) is 0 Å². The number of nitrogens with zero attached hydrogens (tertiary/aromatic N) is 1. The van der Waals surface area contributed by atoms with E-state index >= 15 is 0 Å². The molecular formula is C23H29N3O4S. The lowest BCUT2D eigenvalue weighted by molar-refractivity contribution is -0.128. The number of rotatable bonds is 7. The van der Waals surface area contributed by atoms with Crippen LogP contribution in [0.15, 0.2) is 59.5 Å². The van der Waals surface area contributed by atoms with E-state index in [9.17, 15) is 18.0 Å². The first kappa shape index (κ1) is 23.0. The highest BCUT2D eigenvalue weighted by atomic mass is 32.2. The largest absolute Gasteiger partial charge is 0.347 e. The number of sulfonamides is 1. The van der Waals surface area contributed by atoms with Crippen LogP contribution in [0.3, 0.4) is 0 Å². The summed E-state index contributed by atoms with van der Waals surface area (Å²) < 4.78 is 27.0. The number of carbonyl (C=O) groups excluding carboxylic acids is 2. The molecule has 7 nitrogen and oxygen atoms in total. The third-order valence-electron chi connectivity index (χ3n) is 5.42. The molecule has 0 bridgehead atoms. The minimum absolute atomic E-state index is 0.112. The number of carbonyl (C=O) groups is 2. The van der Waals surface area contributed by atoms with Gasteiger partial charge in [0.05, 0.1) is 17.4 Å². The Bertz CT molecular complexity index is 1000. The normalized spacial score (nSPS) is 17.3. The first-order valence-corrected chi connectivity index (χ1v) is 11.9. The van der Waals surface area contributed by atoms with E-state index in [0.717, 1.165) is 0 Å². The molecule has 166 valence electrons. The Kier molecular flexibility index (Phi) is 7.46. The molecule has 1 fully saturated rings. The van der Waals surface area contributed by atoms with Gasteiger partial charge in [0.1, 0.15) is 0 Å². The van der Waals surface area contributed by atoms with Crippen molar-refractivity contribution in [3.63, 3.8) is 0 Å². The van der Waals surface area contributed by atoms with E-state index in [4.69, 9.17) is 0 Å². The Labute approximate surface area is 183 Å². The second kappa shape index (κ2) is 10.1. The lowest BCUT2D eigenvalue weighted by Crippen LogP contribution is -2.46. The second-order valence-electron chi connectivity index (χ2n) is 8.06. The van der Waals surface area contributed by atoms with Crippen LogP contribution in [-0.4, -0.2) is 44.2 Å². The number of piperidine rings is 1. The lowest BCUT2D eigenvalue weighted by Gasteiger charge is -2.31. The fourth-order valence-electron chi connectivity index (χ4n) is 3.58. The highest BCUT2D eigenvalue weighted by molar-refractivity contribution is 7.89. The molecule has 1 heterocycles. The predicted molar refractivity (Wildman–Crippen MR) is 120 cm³/mol. The smallest absolute Gasteiger partial charge is 0.243 e. The van der Waals surface area contributed by atoms with Crippen LogP contribution < -0.4 is 10.6 Å². The van der Waals surface area contributed by atoms with Gasteiger partial charge in [0.25, 0.3) is 0 Å². The summed E-state index contributed by atoms with van der Waals surface area (Å²) >= 11 is 0. The number of anilines is 1. The summed E-state index contributed by atoms with van der Waals surface area (Å²) in [6, 6.07) is 15.8. The zero-order chi connectivity index (χ0) is 22.4. The molecule has 0 aliphatic carbocycles. The van der Waals surface area contributed by atoms with Crippen molar-refractivity contribution in [3.05, 3.63) is 60.2 Å². The maximum absolute atomic E-state index is 12.8. The summed E-state index contributed by atoms with van der Waals surface area (Å²) in [5, 5.41) is 5.40. The molecule has 0 saturated carbocycles. The molecule has 2 amide bonds. The van der Waals surface area contributed by atoms with Gasteiger partial charge in [-0.15, -0.1) is 0 Å². The van der Waals surface area contributed by atoms with Gasteiger partial charge in [0.15, 0.2) is 0 Å². The number of benzene rings is 2. The van der Waals surface area contributed by atoms with Crippen LogP contribution >= 0.6 is 0 Å². The molecule has 1 saturated heterocycles. The molecule has 2 N–H and O–H groups in total. The molecule has 0 radical (unpaired) electrons. The van der Waals surface area contributed by atoms with E-state index in [1.165, 1.54) is 9.87 Å². The molecule has 0 unspecified atom stereocenters. The summed E-state index contributed by atoms with van der Waals surface area (Å²) in [7, 11) is -3.64. The van der Waals surface area contributed by atoms with Crippen LogP contribution in [-0.2, 0) is 19.6 Å². The minimum Gasteiger partial charge on any atom is -0.347 e. The molecule has 1 aliphatic heterocycles. The minimum atomic E-state index is -3.64. The van der Waals surface area contributed by atoms with E-state index < -0.39 is 15.9 Å². The van der Waals surface area contributed by atoms with Crippen molar-refractivity contribution < 1.29 is 18.0 Å². The monoisotopic (exact) mass is 443 g/mol. The fourth-order valence-corrected chi connectivity index (χ4v) is 5.13. The van der Waals surface area contributed by atoms with Crippen molar-refractivity contribution in [2.24, 2.45) is 5.92 Å². The quantitative estimate of drug-likeness (QED) is 0.688. The number of amides is 2. The Hall–Kier alpha value is -2.71. The van der Waals surface area contributed by atoms with Crippen LogP contribution in [0.1, 0.15) is 38.2 Å². The van der Waals surface area contributed by atoms with Crippen LogP contribution in [0, 0.1) is 5.92 Å². The van der Waals surface area contributed by atoms with Crippen molar-refractivity contribution in [2.45, 2.75) is 37.5 Å². The topological polar surface area (TPSA) is 95.6 Å². The van der Waals surface area contributed by atoms with Gasteiger partial charge in [0, 0.05) is 18.8 Å². The SMILES string of the molecule is CC(C)c1ccc(NC(=O)CNC(=O)[C@H]2CCCN(S(=O)(=O)c3ccccc3)C2)cc1. The van der Waals surface area contributed by atoms with Crippen molar-refractivity contribution in [3.8, 4) is 0 Å². The van der Waals surface area contributed by atoms with Crippen molar-refractivity contribution >= 4 is 27.5 Å². The van der Waals surface area contributed by atoms with Gasteiger partial charge in [-0.2, -0.15) is 4.31 Å². The van der Waals surface area contributed by atoms with Crippen molar-refractivity contribution in [1.29, 1.82) is 0 Å². The summed E-state index contributed by atoms with van der Waals surface area (Å²) in [6.45, 7) is 4.53. The van der Waals surface area contributed by atoms with Crippen LogP contribution in [0.25, 0.3) is 0 Å². The Morgan fingerprint density at radius 2 is 1.74 bits per heavy atom. The highest BCUT2D eigenvalue weighted by Gasteiger charge is 2.33. The summed E-state index contributed by atoms with van der Waals surface area (Å²) in [6.07, 6.45) is 1.18. The van der Waals surface area contributed by atoms with Gasteiger partial charge in [-0.3, -0.25) is 9.59 Å². The summed E-state index contributed by atoms with van der Waals surface area (Å²) in [4.78, 5) is 25.0. The molecule has 0 spiro atoms. The molecule has 2 aromatic rings. The highest BCUT2D eigenvalue weighted by Crippen LogP contribution is 2.24. The number of hydrogen-bond donors (Lipinski definition) is 2. The van der Waals surface area contributed by atoms with Crippen molar-refractivity contribution in [1.82, 2.24) is 9.62 Å². The van der Waals surface area contributed by atoms with Gasteiger partial charge in [-0.25, -0.2) is 8.42 Å². The van der Waals surface area contributed by atoms with E-state index in [1.807, 2.05) is 24.3 Å². The predicted octanol–water partition coefficient (Wildman–Crippen LogP) is 2.97. The summed E-state index contributed by atoms with van der Waals surface area (Å²) in [5.74, 6) is -0.705. The standard InChI is InChI=1S/C23H29N3O4S/c1-17(2)18-10-12-20(13-11-18)25-22(27)15-24-23(28)19-7-6-14-26(16-19)31(29,30)21-8-4-3-5-9-21/h3-5,8-13,17,19H,6-7,14-16H2,1-2H3,(H,24,28)(H,25,27)/t19-/m0/s1. The van der Waals surface area contributed by atoms with Gasteiger partial charge >= 0.3 is 0 Å². The van der Waals surface area contributed by atoms with E-state index in [-0.39, 0.29) is 29.8 Å². The average molecular weight is 444 g/mol. The zero-order valence-corrected chi connectivity index (χ0v) is 18.7. The Morgan fingerprint density at radius 1 is 1.06 bits per heavy atom. The molecule has 3 rings (SSSR count). The molecule has 0 aromatic heterocycles. The lowest BCUT2D eigenvalue weighted by atomic mass is 9.99. The molecule has 1 aliphatic rings. The first-order chi connectivity index (χ1) is 14.8. The molecule has 8 heteroatoms. The first-order valence-electron chi connectivity index (χ1n) is 10.5. The Balaban J connectivity index is 1.52. The average Bonchev–Trinajstić information content (AvgIpc) is 2.78. The van der Waals surface area contributed by atoms with Gasteiger partial charge in [0.2, 0.25) is 21.8 Å². The van der Waals surface area contributed by atoms with E-state index in [1.54, 1.807) is 30.3 Å². The van der Waals surface area contributed by atoms with Gasteiger partial charge < -0.3 is 10.6 Å². The zero-order valence-electron chi connectivity index (χ0n) is 17.9. The second-order valence-corrected chi connectivity index (χ2v) is 10.00. The number of nitrogens with one attached hydrogen (secondary N) is 2. The molecule has 2 aromatic carbocycles. The molecule has 1 atom stereocenters. The summed E-state index contributed by atoms with van der Waals surface area (Å²) in [5.41, 5.74) is 1.85. The third kappa shape index (κ3) is 5.92. The van der Waals surface area contributed by atoms with Crippen LogP contribution in [0.5, 0.6) is 0 Å². The van der Waals surface area contributed by atoms with E-state index in [0.29, 0.717) is 31.0 Å². The fraction of sp³-hybridized carbons (Fsp3) is 0.391. The number of hydrogen-bond acceptors (Lipinski definition) is 4. The van der Waals surface area contributed by atoms with Crippen LogP contribution in [0.4, 0.5) is 5.69 Å². The maximum Gasteiger partial charge on any atom is 0.243 e. The molecule has 31 heavy (non-hydrogen) atoms. The van der Waals surface area contributed by atoms with Gasteiger partial charge in [-0.05, 0) is 48.6 Å². The Morgan fingerprint density at radius 3 is 2.39 bits per heavy atom. The van der Waals surface area contributed by atoms with E-state index in [2.05, 4.69) is 24.5 Å².